The van der Waals surface area contributed by atoms with Crippen molar-refractivity contribution in [2.45, 2.75) is 6.18 Å². The topological polar surface area (TPSA) is 71.1 Å². The third kappa shape index (κ3) is 4.35. The normalized spacial score (nSPS) is 12.0. The zero-order chi connectivity index (χ0) is 16.4. The molecule has 0 saturated heterocycles. The van der Waals surface area contributed by atoms with Crippen LogP contribution in [0.25, 0.3) is 0 Å². The second-order valence-corrected chi connectivity index (χ2v) is 6.22. The third-order valence-electron chi connectivity index (χ3n) is 2.56. The summed E-state index contributed by atoms with van der Waals surface area (Å²) in [5.41, 5.74) is -0.607. The van der Waals surface area contributed by atoms with E-state index >= 15 is 0 Å². The van der Waals surface area contributed by atoms with Gasteiger partial charge in [-0.25, -0.2) is 13.4 Å². The van der Waals surface area contributed by atoms with Gasteiger partial charge in [-0.2, -0.15) is 13.2 Å². The van der Waals surface area contributed by atoms with Crippen molar-refractivity contribution in [3.63, 3.8) is 0 Å². The molecular formula is C13H12F3N3O2S. The van der Waals surface area contributed by atoms with Gasteiger partial charge in [0.2, 0.25) is 10.0 Å². The van der Waals surface area contributed by atoms with E-state index in [1.165, 1.54) is 36.5 Å². The summed E-state index contributed by atoms with van der Waals surface area (Å²) in [6.07, 6.45) is -2.27. The first kappa shape index (κ1) is 16.1. The number of nitrogens with zero attached hydrogens (tertiary/aromatic N) is 1. The summed E-state index contributed by atoms with van der Waals surface area (Å²) in [4.78, 5) is 3.82. The first-order valence-corrected chi connectivity index (χ1v) is 7.91. The molecule has 0 spiro atoms. The molecule has 0 saturated carbocycles. The van der Waals surface area contributed by atoms with Gasteiger partial charge >= 0.3 is 6.18 Å². The molecule has 1 heterocycles. The fraction of sp³-hybridized carbons (Fsp3) is 0.154. The lowest BCUT2D eigenvalue weighted by Gasteiger charge is -2.14. The fourth-order valence-electron chi connectivity index (χ4n) is 1.71. The van der Waals surface area contributed by atoms with Crippen molar-refractivity contribution >= 4 is 27.2 Å². The van der Waals surface area contributed by atoms with E-state index in [0.29, 0.717) is 5.69 Å². The number of benzene rings is 1. The SMILES string of the molecule is CS(=O)(=O)Nc1ccc(Nc2ccccc2C(F)(F)F)cn1. The lowest BCUT2D eigenvalue weighted by atomic mass is 10.1. The van der Waals surface area contributed by atoms with Crippen LogP contribution >= 0.6 is 0 Å². The predicted molar refractivity (Wildman–Crippen MR) is 77.4 cm³/mol. The number of anilines is 3. The number of sulfonamides is 1. The maximum Gasteiger partial charge on any atom is 0.418 e. The van der Waals surface area contributed by atoms with Gasteiger partial charge in [-0.1, -0.05) is 12.1 Å². The summed E-state index contributed by atoms with van der Waals surface area (Å²) >= 11 is 0. The van der Waals surface area contributed by atoms with Crippen molar-refractivity contribution < 1.29 is 21.6 Å². The maximum absolute atomic E-state index is 12.9. The largest absolute Gasteiger partial charge is 0.418 e. The molecule has 0 amide bonds. The summed E-state index contributed by atoms with van der Waals surface area (Å²) in [5, 5.41) is 2.61. The first-order chi connectivity index (χ1) is 10.1. The molecule has 1 aromatic carbocycles. The summed E-state index contributed by atoms with van der Waals surface area (Å²) in [7, 11) is -3.46. The van der Waals surface area contributed by atoms with Crippen molar-refractivity contribution in [3.8, 4) is 0 Å². The van der Waals surface area contributed by atoms with E-state index in [-0.39, 0.29) is 11.5 Å². The highest BCUT2D eigenvalue weighted by Gasteiger charge is 2.33. The maximum atomic E-state index is 12.9. The number of rotatable bonds is 4. The minimum absolute atomic E-state index is 0.0807. The Morgan fingerprint density at radius 1 is 1.09 bits per heavy atom. The molecule has 0 bridgehead atoms. The van der Waals surface area contributed by atoms with Gasteiger partial charge in [-0.3, -0.25) is 4.72 Å². The molecule has 0 atom stereocenters. The van der Waals surface area contributed by atoms with E-state index in [2.05, 4.69) is 15.0 Å². The molecule has 2 N–H and O–H groups in total. The van der Waals surface area contributed by atoms with Gasteiger partial charge in [0.15, 0.2) is 0 Å². The highest BCUT2D eigenvalue weighted by Crippen LogP contribution is 2.35. The van der Waals surface area contributed by atoms with E-state index in [1.54, 1.807) is 0 Å². The number of aromatic nitrogens is 1. The molecule has 22 heavy (non-hydrogen) atoms. The lowest BCUT2D eigenvalue weighted by molar-refractivity contribution is -0.136. The molecule has 0 aliphatic rings. The van der Waals surface area contributed by atoms with Crippen LogP contribution in [0.1, 0.15) is 5.56 Å². The molecule has 2 rings (SSSR count). The quantitative estimate of drug-likeness (QED) is 0.902. The Labute approximate surface area is 125 Å². The van der Waals surface area contributed by atoms with Crippen molar-refractivity contribution in [2.24, 2.45) is 0 Å². The summed E-state index contributed by atoms with van der Waals surface area (Å²) in [6, 6.07) is 7.81. The fourth-order valence-corrected chi connectivity index (χ4v) is 2.21. The van der Waals surface area contributed by atoms with Crippen LogP contribution in [0.15, 0.2) is 42.6 Å². The summed E-state index contributed by atoms with van der Waals surface area (Å²) < 4.78 is 62.8. The zero-order valence-corrected chi connectivity index (χ0v) is 12.2. The number of nitrogens with one attached hydrogen (secondary N) is 2. The van der Waals surface area contributed by atoms with Crippen molar-refractivity contribution in [3.05, 3.63) is 48.2 Å². The molecule has 0 radical (unpaired) electrons. The Morgan fingerprint density at radius 3 is 2.32 bits per heavy atom. The molecule has 5 nitrogen and oxygen atoms in total. The van der Waals surface area contributed by atoms with Crippen LogP contribution < -0.4 is 10.0 Å². The van der Waals surface area contributed by atoms with E-state index in [0.717, 1.165) is 12.3 Å². The number of halogens is 3. The number of alkyl halides is 3. The molecular weight excluding hydrogens is 319 g/mol. The highest BCUT2D eigenvalue weighted by molar-refractivity contribution is 7.92. The summed E-state index contributed by atoms with van der Waals surface area (Å²) in [6.45, 7) is 0. The second kappa shape index (κ2) is 5.84. The molecule has 2 aromatic rings. The molecule has 0 fully saturated rings. The highest BCUT2D eigenvalue weighted by atomic mass is 32.2. The van der Waals surface area contributed by atoms with E-state index < -0.39 is 21.8 Å². The smallest absolute Gasteiger partial charge is 0.354 e. The van der Waals surface area contributed by atoms with Gasteiger partial charge < -0.3 is 5.32 Å². The third-order valence-corrected chi connectivity index (χ3v) is 3.14. The van der Waals surface area contributed by atoms with E-state index in [1.807, 2.05) is 0 Å². The number of para-hydroxylation sites is 1. The average Bonchev–Trinajstić information content (AvgIpc) is 2.39. The average molecular weight is 331 g/mol. The number of hydrogen-bond donors (Lipinski definition) is 2. The minimum atomic E-state index is -4.48. The molecule has 118 valence electrons. The van der Waals surface area contributed by atoms with Crippen LogP contribution in [0.2, 0.25) is 0 Å². The predicted octanol–water partition coefficient (Wildman–Crippen LogP) is 3.22. The summed E-state index contributed by atoms with van der Waals surface area (Å²) in [5.74, 6) is 0.0807. The van der Waals surface area contributed by atoms with Crippen LogP contribution in [-0.2, 0) is 16.2 Å². The van der Waals surface area contributed by atoms with Gasteiger partial charge in [-0.15, -0.1) is 0 Å². The van der Waals surface area contributed by atoms with Gasteiger partial charge in [0.05, 0.1) is 29.4 Å². The Kier molecular flexibility index (Phi) is 4.27. The van der Waals surface area contributed by atoms with Gasteiger partial charge in [0, 0.05) is 0 Å². The lowest BCUT2D eigenvalue weighted by Crippen LogP contribution is -2.11. The molecule has 1 aromatic heterocycles. The van der Waals surface area contributed by atoms with E-state index in [9.17, 15) is 21.6 Å². The van der Waals surface area contributed by atoms with Crippen LogP contribution in [-0.4, -0.2) is 19.7 Å². The number of pyridine rings is 1. The van der Waals surface area contributed by atoms with Gasteiger partial charge in [-0.05, 0) is 24.3 Å². The van der Waals surface area contributed by atoms with Crippen LogP contribution in [0, 0.1) is 0 Å². The van der Waals surface area contributed by atoms with Crippen LogP contribution in [0.4, 0.5) is 30.4 Å². The minimum Gasteiger partial charge on any atom is -0.354 e. The van der Waals surface area contributed by atoms with Crippen LogP contribution in [0.3, 0.4) is 0 Å². The first-order valence-electron chi connectivity index (χ1n) is 6.02. The Bertz CT molecular complexity index is 759. The number of hydrogen-bond acceptors (Lipinski definition) is 4. The zero-order valence-electron chi connectivity index (χ0n) is 11.3. The van der Waals surface area contributed by atoms with Crippen molar-refractivity contribution in [2.75, 3.05) is 16.3 Å². The van der Waals surface area contributed by atoms with E-state index in [4.69, 9.17) is 0 Å². The van der Waals surface area contributed by atoms with Gasteiger partial charge in [0.25, 0.3) is 0 Å². The van der Waals surface area contributed by atoms with Gasteiger partial charge in [0.1, 0.15) is 5.82 Å². The Morgan fingerprint density at radius 2 is 1.77 bits per heavy atom. The van der Waals surface area contributed by atoms with Crippen LogP contribution in [0.5, 0.6) is 0 Å². The van der Waals surface area contributed by atoms with Crippen molar-refractivity contribution in [1.82, 2.24) is 4.98 Å². The standard InChI is InChI=1S/C13H12F3N3O2S/c1-22(20,21)19-12-7-6-9(8-17-12)18-11-5-3-2-4-10(11)13(14,15)16/h2-8,18H,1H3,(H,17,19). The molecule has 9 heteroatoms. The Hall–Kier alpha value is -2.29. The second-order valence-electron chi connectivity index (χ2n) is 4.47. The van der Waals surface area contributed by atoms with Crippen molar-refractivity contribution in [1.29, 1.82) is 0 Å². The molecule has 0 aliphatic heterocycles. The molecule has 0 unspecified atom stereocenters. The molecule has 0 aliphatic carbocycles. The Balaban J connectivity index is 2.22. The monoisotopic (exact) mass is 331 g/mol.